The number of rotatable bonds is 5. The van der Waals surface area contributed by atoms with Crippen LogP contribution in [0.15, 0.2) is 30.3 Å². The first-order chi connectivity index (χ1) is 8.49. The summed E-state index contributed by atoms with van der Waals surface area (Å²) < 4.78 is 22.9. The third-order valence-electron chi connectivity index (χ3n) is 3.28. The van der Waals surface area contributed by atoms with Crippen molar-refractivity contribution in [3.05, 3.63) is 30.3 Å². The maximum absolute atomic E-state index is 11.4. The average molecular weight is 268 g/mol. The van der Waals surface area contributed by atoms with Crippen LogP contribution < -0.4 is 10.6 Å². The molecule has 0 amide bonds. The summed E-state index contributed by atoms with van der Waals surface area (Å²) in [5, 5.41) is 6.64. The molecular weight excluding hydrogens is 248 g/mol. The fourth-order valence-electron chi connectivity index (χ4n) is 2.28. The van der Waals surface area contributed by atoms with Crippen LogP contribution in [0.3, 0.4) is 0 Å². The number of anilines is 1. The SMILES string of the molecule is CC1(NCCNc2ccccc2)CCS(=O)(=O)C1. The highest BCUT2D eigenvalue weighted by Gasteiger charge is 2.37. The number of benzene rings is 1. The van der Waals surface area contributed by atoms with E-state index in [1.165, 1.54) is 0 Å². The van der Waals surface area contributed by atoms with Crippen molar-refractivity contribution in [2.24, 2.45) is 0 Å². The molecule has 1 aliphatic heterocycles. The summed E-state index contributed by atoms with van der Waals surface area (Å²) in [7, 11) is -2.83. The molecule has 1 aromatic rings. The third kappa shape index (κ3) is 3.71. The second-order valence-electron chi connectivity index (χ2n) is 5.12. The predicted molar refractivity (Wildman–Crippen MR) is 74.6 cm³/mol. The van der Waals surface area contributed by atoms with Crippen molar-refractivity contribution in [3.8, 4) is 0 Å². The van der Waals surface area contributed by atoms with Gasteiger partial charge >= 0.3 is 0 Å². The van der Waals surface area contributed by atoms with Crippen LogP contribution in [-0.4, -0.2) is 38.6 Å². The van der Waals surface area contributed by atoms with Crippen molar-refractivity contribution < 1.29 is 8.42 Å². The molecule has 1 heterocycles. The van der Waals surface area contributed by atoms with Gasteiger partial charge in [0.05, 0.1) is 11.5 Å². The Labute approximate surface area is 109 Å². The minimum atomic E-state index is -2.83. The summed E-state index contributed by atoms with van der Waals surface area (Å²) in [5.74, 6) is 0.563. The van der Waals surface area contributed by atoms with E-state index in [2.05, 4.69) is 10.6 Å². The Morgan fingerprint density at radius 2 is 1.94 bits per heavy atom. The lowest BCUT2D eigenvalue weighted by molar-refractivity contribution is 0.405. The monoisotopic (exact) mass is 268 g/mol. The number of sulfone groups is 1. The Bertz CT molecular complexity index is 487. The highest BCUT2D eigenvalue weighted by Crippen LogP contribution is 2.22. The van der Waals surface area contributed by atoms with E-state index in [9.17, 15) is 8.42 Å². The molecule has 1 fully saturated rings. The van der Waals surface area contributed by atoms with Crippen LogP contribution in [0.5, 0.6) is 0 Å². The van der Waals surface area contributed by atoms with Gasteiger partial charge in [-0.25, -0.2) is 8.42 Å². The molecule has 18 heavy (non-hydrogen) atoms. The Morgan fingerprint density at radius 1 is 1.22 bits per heavy atom. The maximum Gasteiger partial charge on any atom is 0.152 e. The molecule has 1 aliphatic rings. The largest absolute Gasteiger partial charge is 0.384 e. The van der Waals surface area contributed by atoms with Crippen molar-refractivity contribution in [3.63, 3.8) is 0 Å². The molecular formula is C13H20N2O2S. The van der Waals surface area contributed by atoms with Gasteiger partial charge in [-0.05, 0) is 25.5 Å². The molecule has 1 saturated heterocycles. The summed E-state index contributed by atoms with van der Waals surface area (Å²) in [6, 6.07) is 9.98. The van der Waals surface area contributed by atoms with Crippen molar-refractivity contribution >= 4 is 15.5 Å². The standard InChI is InChI=1S/C13H20N2O2S/c1-13(7-10-18(16,17)11-13)15-9-8-14-12-5-3-2-4-6-12/h2-6,14-15H,7-11H2,1H3. The molecule has 4 nitrogen and oxygen atoms in total. The number of hydrogen-bond donors (Lipinski definition) is 2. The number of nitrogens with one attached hydrogen (secondary N) is 2. The molecule has 1 atom stereocenters. The lowest BCUT2D eigenvalue weighted by atomic mass is 10.0. The number of hydrogen-bond acceptors (Lipinski definition) is 4. The zero-order chi connectivity index (χ0) is 13.1. The summed E-state index contributed by atoms with van der Waals surface area (Å²) >= 11 is 0. The third-order valence-corrected chi connectivity index (χ3v) is 5.19. The molecule has 100 valence electrons. The molecule has 1 unspecified atom stereocenters. The van der Waals surface area contributed by atoms with Gasteiger partial charge in [0, 0.05) is 24.3 Å². The molecule has 0 spiro atoms. The highest BCUT2D eigenvalue weighted by molar-refractivity contribution is 7.91. The topological polar surface area (TPSA) is 58.2 Å². The molecule has 0 aromatic heterocycles. The van der Waals surface area contributed by atoms with Gasteiger partial charge in [0.2, 0.25) is 0 Å². The van der Waals surface area contributed by atoms with E-state index < -0.39 is 9.84 Å². The van der Waals surface area contributed by atoms with Gasteiger partial charge in [0.15, 0.2) is 9.84 Å². The van der Waals surface area contributed by atoms with Crippen LogP contribution >= 0.6 is 0 Å². The predicted octanol–water partition coefficient (Wildman–Crippen LogP) is 1.27. The first-order valence-corrected chi connectivity index (χ1v) is 8.06. The fraction of sp³-hybridized carbons (Fsp3) is 0.538. The summed E-state index contributed by atoms with van der Waals surface area (Å²) in [5.41, 5.74) is 0.834. The molecule has 0 saturated carbocycles. The molecule has 0 radical (unpaired) electrons. The van der Waals surface area contributed by atoms with Crippen LogP contribution in [0.1, 0.15) is 13.3 Å². The van der Waals surface area contributed by atoms with Crippen molar-refractivity contribution in [1.82, 2.24) is 5.32 Å². The lowest BCUT2D eigenvalue weighted by Crippen LogP contribution is -2.45. The summed E-state index contributed by atoms with van der Waals surface area (Å²) in [4.78, 5) is 0. The van der Waals surface area contributed by atoms with Crippen molar-refractivity contribution in [2.75, 3.05) is 29.9 Å². The van der Waals surface area contributed by atoms with Gasteiger partial charge < -0.3 is 10.6 Å². The van der Waals surface area contributed by atoms with E-state index in [1.54, 1.807) is 0 Å². The van der Waals surface area contributed by atoms with Crippen molar-refractivity contribution in [2.45, 2.75) is 18.9 Å². The smallest absolute Gasteiger partial charge is 0.152 e. The zero-order valence-corrected chi connectivity index (χ0v) is 11.5. The summed E-state index contributed by atoms with van der Waals surface area (Å²) in [6.45, 7) is 3.54. The summed E-state index contributed by atoms with van der Waals surface area (Å²) in [6.07, 6.45) is 0.709. The Balaban J connectivity index is 1.73. The second-order valence-corrected chi connectivity index (χ2v) is 7.31. The van der Waals surface area contributed by atoms with Crippen LogP contribution in [0, 0.1) is 0 Å². The molecule has 0 aliphatic carbocycles. The fourth-order valence-corrected chi connectivity index (χ4v) is 4.40. The maximum atomic E-state index is 11.4. The molecule has 0 bridgehead atoms. The van der Waals surface area contributed by atoms with Gasteiger partial charge in [0.25, 0.3) is 0 Å². The van der Waals surface area contributed by atoms with E-state index in [-0.39, 0.29) is 11.3 Å². The normalized spacial score (nSPS) is 26.1. The average Bonchev–Trinajstić information content (AvgIpc) is 2.61. The Hall–Kier alpha value is -1.07. The second kappa shape index (κ2) is 5.28. The Morgan fingerprint density at radius 3 is 2.56 bits per heavy atom. The molecule has 5 heteroatoms. The van der Waals surface area contributed by atoms with Crippen LogP contribution in [0.4, 0.5) is 5.69 Å². The van der Waals surface area contributed by atoms with E-state index >= 15 is 0 Å². The molecule has 1 aromatic carbocycles. The minimum absolute atomic E-state index is 0.253. The van der Waals surface area contributed by atoms with Gasteiger partial charge in [0.1, 0.15) is 0 Å². The lowest BCUT2D eigenvalue weighted by Gasteiger charge is -2.24. The van der Waals surface area contributed by atoms with E-state index in [0.29, 0.717) is 12.2 Å². The number of para-hydroxylation sites is 1. The van der Waals surface area contributed by atoms with E-state index in [0.717, 1.165) is 18.8 Å². The first-order valence-electron chi connectivity index (χ1n) is 6.24. The Kier molecular flexibility index (Phi) is 3.92. The van der Waals surface area contributed by atoms with Gasteiger partial charge in [-0.2, -0.15) is 0 Å². The first kappa shape index (κ1) is 13.4. The van der Waals surface area contributed by atoms with Gasteiger partial charge in [-0.3, -0.25) is 0 Å². The minimum Gasteiger partial charge on any atom is -0.384 e. The molecule has 2 N–H and O–H groups in total. The van der Waals surface area contributed by atoms with Crippen LogP contribution in [-0.2, 0) is 9.84 Å². The molecule has 2 rings (SSSR count). The van der Waals surface area contributed by atoms with Crippen LogP contribution in [0.2, 0.25) is 0 Å². The zero-order valence-electron chi connectivity index (χ0n) is 10.6. The van der Waals surface area contributed by atoms with Gasteiger partial charge in [-0.1, -0.05) is 18.2 Å². The quantitative estimate of drug-likeness (QED) is 0.790. The van der Waals surface area contributed by atoms with Crippen molar-refractivity contribution in [1.29, 1.82) is 0 Å². The van der Waals surface area contributed by atoms with E-state index in [1.807, 2.05) is 37.3 Å². The highest BCUT2D eigenvalue weighted by atomic mass is 32.2. The van der Waals surface area contributed by atoms with Crippen LogP contribution in [0.25, 0.3) is 0 Å². The van der Waals surface area contributed by atoms with Gasteiger partial charge in [-0.15, -0.1) is 0 Å². The van der Waals surface area contributed by atoms with E-state index in [4.69, 9.17) is 0 Å².